The molecule has 0 aromatic carbocycles. The van der Waals surface area contributed by atoms with Crippen molar-refractivity contribution in [2.45, 2.75) is 6.42 Å². The zero-order chi connectivity index (χ0) is 6.41. The van der Waals surface area contributed by atoms with Crippen LogP contribution in [0.1, 0.15) is 6.42 Å². The maximum atomic E-state index is 5.44. The van der Waals surface area contributed by atoms with E-state index in [-0.39, 0.29) is 12.4 Å². The molecule has 0 spiro atoms. The molecule has 9 heavy (non-hydrogen) atoms. The molecule has 0 heterocycles. The number of hydrogen-bond acceptors (Lipinski definition) is 2. The lowest BCUT2D eigenvalue weighted by atomic mass is 10.1. The van der Waals surface area contributed by atoms with Crippen LogP contribution in [0.2, 0.25) is 0 Å². The second kappa shape index (κ2) is 8.50. The Morgan fingerprint density at radius 2 is 1.67 bits per heavy atom. The Morgan fingerprint density at radius 3 is 1.78 bits per heavy atom. The molecule has 4 heteroatoms. The normalized spacial score (nSPS) is 9.33. The van der Waals surface area contributed by atoms with Crippen LogP contribution in [-0.4, -0.2) is 19.0 Å². The minimum Gasteiger partial charge on any atom is -0.330 e. The summed E-state index contributed by atoms with van der Waals surface area (Å²) in [6.07, 6.45) is 0.939. The number of rotatable bonds is 4. The van der Waals surface area contributed by atoms with Gasteiger partial charge in [-0.25, -0.2) is 0 Å². The lowest BCUT2D eigenvalue weighted by Crippen LogP contribution is -2.23. The van der Waals surface area contributed by atoms with Crippen LogP contribution < -0.4 is 11.5 Å². The molecule has 0 aromatic rings. The molecule has 0 aromatic heterocycles. The minimum atomic E-state index is 0. The van der Waals surface area contributed by atoms with Crippen LogP contribution in [0.4, 0.5) is 0 Å². The maximum Gasteiger partial charge on any atom is 0.0227 e. The third-order valence-electron chi connectivity index (χ3n) is 1.18. The first-order chi connectivity index (χ1) is 3.85. The minimum absolute atomic E-state index is 0. The Labute approximate surface area is 67.3 Å². The van der Waals surface area contributed by atoms with Crippen LogP contribution in [0.15, 0.2) is 0 Å². The molecular weight excluding hydrogens is 159 g/mol. The molecule has 0 aliphatic rings. The average molecular weight is 173 g/mol. The second-order valence-corrected chi connectivity index (χ2v) is 2.19. The molecule has 0 saturated heterocycles. The van der Waals surface area contributed by atoms with Crippen molar-refractivity contribution in [3.8, 4) is 0 Å². The van der Waals surface area contributed by atoms with Crippen LogP contribution in [0.5, 0.6) is 0 Å². The van der Waals surface area contributed by atoms with Crippen molar-refractivity contribution in [1.29, 1.82) is 0 Å². The van der Waals surface area contributed by atoms with E-state index in [1.165, 1.54) is 0 Å². The molecule has 0 fully saturated rings. The first kappa shape index (κ1) is 12.2. The van der Waals surface area contributed by atoms with E-state index in [2.05, 4.69) is 0 Å². The third kappa shape index (κ3) is 6.38. The highest BCUT2D eigenvalue weighted by atomic mass is 35.5. The fraction of sp³-hybridized carbons (Fsp3) is 1.00. The molecule has 0 aliphatic carbocycles. The number of hydrogen-bond donors (Lipinski definition) is 2. The van der Waals surface area contributed by atoms with Gasteiger partial charge in [-0.3, -0.25) is 0 Å². The molecule has 0 rings (SSSR count). The van der Waals surface area contributed by atoms with Crippen LogP contribution in [0.25, 0.3) is 0 Å². The van der Waals surface area contributed by atoms with Crippen molar-refractivity contribution >= 4 is 24.0 Å². The van der Waals surface area contributed by atoms with E-state index in [4.69, 9.17) is 23.1 Å². The largest absolute Gasteiger partial charge is 0.330 e. The number of alkyl halides is 1. The Bertz CT molecular complexity index is 48.2. The van der Waals surface area contributed by atoms with E-state index >= 15 is 0 Å². The van der Waals surface area contributed by atoms with Crippen LogP contribution >= 0.6 is 24.0 Å². The van der Waals surface area contributed by atoms with Crippen molar-refractivity contribution in [3.05, 3.63) is 0 Å². The smallest absolute Gasteiger partial charge is 0.0227 e. The van der Waals surface area contributed by atoms with Crippen molar-refractivity contribution < 1.29 is 0 Å². The third-order valence-corrected chi connectivity index (χ3v) is 1.40. The number of nitrogens with two attached hydrogens (primary N) is 2. The Hall–Kier alpha value is 0.500. The molecule has 0 amide bonds. The first-order valence-corrected chi connectivity index (χ1v) is 3.34. The summed E-state index contributed by atoms with van der Waals surface area (Å²) in [6.45, 7) is 1.31. The van der Waals surface area contributed by atoms with Crippen LogP contribution in [-0.2, 0) is 0 Å². The van der Waals surface area contributed by atoms with Gasteiger partial charge in [0.05, 0.1) is 0 Å². The molecule has 2 nitrogen and oxygen atoms in total. The summed E-state index contributed by atoms with van der Waals surface area (Å²) in [4.78, 5) is 0. The standard InChI is InChI=1S/C5H13ClN2.ClH/c6-2-1-5(3-7)4-8;/h5H,1-4,7-8H2;1H. The van der Waals surface area contributed by atoms with Gasteiger partial charge in [0.25, 0.3) is 0 Å². The maximum absolute atomic E-state index is 5.44. The van der Waals surface area contributed by atoms with Gasteiger partial charge in [-0.2, -0.15) is 0 Å². The summed E-state index contributed by atoms with van der Waals surface area (Å²) in [5.74, 6) is 1.09. The lowest BCUT2D eigenvalue weighted by Gasteiger charge is -2.07. The van der Waals surface area contributed by atoms with Gasteiger partial charge in [0.1, 0.15) is 0 Å². The average Bonchev–Trinajstić information content (AvgIpc) is 1.83. The zero-order valence-corrected chi connectivity index (χ0v) is 6.92. The summed E-state index contributed by atoms with van der Waals surface area (Å²) in [5.41, 5.74) is 10.7. The van der Waals surface area contributed by atoms with Gasteiger partial charge in [-0.1, -0.05) is 0 Å². The fourth-order valence-corrected chi connectivity index (χ4v) is 0.795. The van der Waals surface area contributed by atoms with Gasteiger partial charge < -0.3 is 11.5 Å². The molecule has 0 radical (unpaired) electrons. The number of halogens is 2. The van der Waals surface area contributed by atoms with Crippen molar-refractivity contribution in [3.63, 3.8) is 0 Å². The van der Waals surface area contributed by atoms with Gasteiger partial charge in [-0.15, -0.1) is 24.0 Å². The quantitative estimate of drug-likeness (QED) is 0.610. The van der Waals surface area contributed by atoms with Crippen LogP contribution in [0, 0.1) is 5.92 Å². The van der Waals surface area contributed by atoms with E-state index < -0.39 is 0 Å². The molecule has 0 unspecified atom stereocenters. The Morgan fingerprint density at radius 1 is 1.22 bits per heavy atom. The second-order valence-electron chi connectivity index (χ2n) is 1.82. The van der Waals surface area contributed by atoms with Gasteiger partial charge in [0, 0.05) is 5.88 Å². The molecule has 4 N–H and O–H groups in total. The van der Waals surface area contributed by atoms with E-state index in [9.17, 15) is 0 Å². The fourth-order valence-electron chi connectivity index (χ4n) is 0.486. The summed E-state index contributed by atoms with van der Waals surface area (Å²) in [5, 5.41) is 0. The summed E-state index contributed by atoms with van der Waals surface area (Å²) < 4.78 is 0. The first-order valence-electron chi connectivity index (χ1n) is 2.81. The monoisotopic (exact) mass is 172 g/mol. The van der Waals surface area contributed by atoms with Crippen LogP contribution in [0.3, 0.4) is 0 Å². The van der Waals surface area contributed by atoms with E-state index in [1.54, 1.807) is 0 Å². The topological polar surface area (TPSA) is 52.0 Å². The van der Waals surface area contributed by atoms with Gasteiger partial charge >= 0.3 is 0 Å². The molecule has 0 saturated carbocycles. The van der Waals surface area contributed by atoms with Gasteiger partial charge in [0.15, 0.2) is 0 Å². The van der Waals surface area contributed by atoms with Crippen molar-refractivity contribution in [2.24, 2.45) is 17.4 Å². The predicted octanol–water partition coefficient (Wildman–Crippen LogP) is 0.571. The molecule has 0 aliphatic heterocycles. The van der Waals surface area contributed by atoms with E-state index in [0.29, 0.717) is 24.9 Å². The van der Waals surface area contributed by atoms with Crippen molar-refractivity contribution in [1.82, 2.24) is 0 Å². The molecule has 58 valence electrons. The Kier molecular flexibility index (Phi) is 11.5. The van der Waals surface area contributed by atoms with Gasteiger partial charge in [0.2, 0.25) is 0 Å². The Balaban J connectivity index is 0. The van der Waals surface area contributed by atoms with Crippen molar-refractivity contribution in [2.75, 3.05) is 19.0 Å². The highest BCUT2D eigenvalue weighted by Gasteiger charge is 2.00. The zero-order valence-electron chi connectivity index (χ0n) is 5.35. The van der Waals surface area contributed by atoms with E-state index in [1.807, 2.05) is 0 Å². The summed E-state index contributed by atoms with van der Waals surface area (Å²) in [6, 6.07) is 0. The molecule has 0 bridgehead atoms. The highest BCUT2D eigenvalue weighted by Crippen LogP contribution is 1.98. The molecule has 0 atom stereocenters. The summed E-state index contributed by atoms with van der Waals surface area (Å²) in [7, 11) is 0. The summed E-state index contributed by atoms with van der Waals surface area (Å²) >= 11 is 5.44. The predicted molar refractivity (Wildman–Crippen MR) is 44.2 cm³/mol. The van der Waals surface area contributed by atoms with Gasteiger partial charge in [-0.05, 0) is 25.4 Å². The molecular formula is C5H14Cl2N2. The highest BCUT2D eigenvalue weighted by molar-refractivity contribution is 6.17. The van der Waals surface area contributed by atoms with E-state index in [0.717, 1.165) is 6.42 Å². The lowest BCUT2D eigenvalue weighted by molar-refractivity contribution is 0.536. The SMILES string of the molecule is Cl.NCC(CN)CCCl.